The highest BCUT2D eigenvalue weighted by atomic mass is 19.4. The number of aromatic nitrogens is 1. The van der Waals surface area contributed by atoms with Crippen LogP contribution in [-0.4, -0.2) is 35.5 Å². The lowest BCUT2D eigenvalue weighted by Crippen LogP contribution is -2.26. The second-order valence-electron chi connectivity index (χ2n) is 7.40. The molecule has 3 rings (SSSR count). The first-order valence-corrected chi connectivity index (χ1v) is 9.92. The molecule has 7 nitrogen and oxygen atoms in total. The summed E-state index contributed by atoms with van der Waals surface area (Å²) in [6.07, 6.45) is -4.50. The summed E-state index contributed by atoms with van der Waals surface area (Å²) in [5.41, 5.74) is 1.14. The van der Waals surface area contributed by atoms with Gasteiger partial charge in [-0.1, -0.05) is 11.2 Å². The van der Waals surface area contributed by atoms with E-state index >= 15 is 0 Å². The Balaban J connectivity index is 1.54. The largest absolute Gasteiger partial charge is 0.484 e. The first-order chi connectivity index (χ1) is 15.5. The molecule has 0 saturated heterocycles. The van der Waals surface area contributed by atoms with Crippen molar-refractivity contribution in [2.45, 2.75) is 26.6 Å². The lowest BCUT2D eigenvalue weighted by Gasteiger charge is -2.17. The van der Waals surface area contributed by atoms with Crippen LogP contribution < -0.4 is 10.1 Å². The normalized spacial score (nSPS) is 11.2. The number of alkyl halides is 3. The molecule has 0 unspecified atom stereocenters. The van der Waals surface area contributed by atoms with Crippen LogP contribution in [0.1, 0.15) is 32.9 Å². The number of ether oxygens (including phenoxy) is 1. The molecule has 0 radical (unpaired) electrons. The van der Waals surface area contributed by atoms with Gasteiger partial charge < -0.3 is 19.5 Å². The summed E-state index contributed by atoms with van der Waals surface area (Å²) in [5, 5.41) is 6.24. The fraction of sp³-hybridized carbons (Fsp3) is 0.261. The van der Waals surface area contributed by atoms with Crippen LogP contribution in [0.15, 0.2) is 53.1 Å². The molecule has 2 aromatic carbocycles. The third-order valence-electron chi connectivity index (χ3n) is 4.87. The van der Waals surface area contributed by atoms with Gasteiger partial charge in [0.2, 0.25) is 0 Å². The highest BCUT2D eigenvalue weighted by Crippen LogP contribution is 2.30. The van der Waals surface area contributed by atoms with Gasteiger partial charge in [0.15, 0.2) is 6.61 Å². The summed E-state index contributed by atoms with van der Waals surface area (Å²) in [6, 6.07) is 10.5. The van der Waals surface area contributed by atoms with E-state index in [9.17, 15) is 22.8 Å². The minimum absolute atomic E-state index is 0.0145. The number of carbonyl (C=O) groups excluding carboxylic acids is 2. The summed E-state index contributed by atoms with van der Waals surface area (Å²) >= 11 is 0. The van der Waals surface area contributed by atoms with Gasteiger partial charge in [-0.3, -0.25) is 9.59 Å². The van der Waals surface area contributed by atoms with E-state index in [0.717, 1.165) is 23.4 Å². The SMILES string of the molecule is Cc1noc(C)c1CN(C)C(=O)c1ccc(OCC(=O)Nc2cccc(C(F)(F)F)c2)cc1. The van der Waals surface area contributed by atoms with E-state index in [1.807, 2.05) is 0 Å². The minimum atomic E-state index is -4.50. The van der Waals surface area contributed by atoms with Gasteiger partial charge >= 0.3 is 6.18 Å². The zero-order valence-corrected chi connectivity index (χ0v) is 18.2. The van der Waals surface area contributed by atoms with Crippen molar-refractivity contribution in [3.63, 3.8) is 0 Å². The van der Waals surface area contributed by atoms with Crippen LogP contribution in [0.3, 0.4) is 0 Å². The number of carbonyl (C=O) groups is 2. The van der Waals surface area contributed by atoms with Gasteiger partial charge in [0.05, 0.1) is 17.8 Å². The van der Waals surface area contributed by atoms with Crippen molar-refractivity contribution in [3.8, 4) is 5.75 Å². The van der Waals surface area contributed by atoms with Crippen LogP contribution in [0, 0.1) is 13.8 Å². The monoisotopic (exact) mass is 461 g/mol. The van der Waals surface area contributed by atoms with Crippen molar-refractivity contribution in [1.82, 2.24) is 10.1 Å². The second kappa shape index (κ2) is 9.76. The summed E-state index contributed by atoms with van der Waals surface area (Å²) in [4.78, 5) is 26.2. The van der Waals surface area contributed by atoms with E-state index in [0.29, 0.717) is 23.6 Å². The molecular weight excluding hydrogens is 439 g/mol. The molecule has 10 heteroatoms. The van der Waals surface area contributed by atoms with Crippen molar-refractivity contribution in [2.24, 2.45) is 0 Å². The molecule has 3 aromatic rings. The summed E-state index contributed by atoms with van der Waals surface area (Å²) in [7, 11) is 1.66. The Morgan fingerprint density at radius 2 is 1.82 bits per heavy atom. The average Bonchev–Trinajstić information content (AvgIpc) is 3.09. The van der Waals surface area contributed by atoms with Gasteiger partial charge in [0.1, 0.15) is 11.5 Å². The van der Waals surface area contributed by atoms with E-state index in [4.69, 9.17) is 9.26 Å². The van der Waals surface area contributed by atoms with Crippen LogP contribution in [0.25, 0.3) is 0 Å². The molecule has 1 heterocycles. The molecular formula is C23H22F3N3O4. The number of nitrogens with zero attached hydrogens (tertiary/aromatic N) is 2. The summed E-state index contributed by atoms with van der Waals surface area (Å²) in [6.45, 7) is 3.52. The van der Waals surface area contributed by atoms with Crippen molar-refractivity contribution in [2.75, 3.05) is 19.0 Å². The highest BCUT2D eigenvalue weighted by Gasteiger charge is 2.30. The number of amides is 2. The zero-order valence-electron chi connectivity index (χ0n) is 18.2. The topological polar surface area (TPSA) is 84.7 Å². The lowest BCUT2D eigenvalue weighted by atomic mass is 10.1. The Morgan fingerprint density at radius 1 is 1.12 bits per heavy atom. The van der Waals surface area contributed by atoms with Crippen LogP contribution in [0.2, 0.25) is 0 Å². The molecule has 0 saturated carbocycles. The molecule has 0 aliphatic heterocycles. The quantitative estimate of drug-likeness (QED) is 0.556. The number of nitrogens with one attached hydrogen (secondary N) is 1. The lowest BCUT2D eigenvalue weighted by molar-refractivity contribution is -0.137. The number of hydrogen-bond acceptors (Lipinski definition) is 5. The predicted molar refractivity (Wildman–Crippen MR) is 114 cm³/mol. The Bertz CT molecular complexity index is 1120. The number of rotatable bonds is 7. The molecule has 2 amide bonds. The van der Waals surface area contributed by atoms with Crippen molar-refractivity contribution in [3.05, 3.63) is 76.7 Å². The van der Waals surface area contributed by atoms with Gasteiger partial charge in [0.25, 0.3) is 11.8 Å². The predicted octanol–water partition coefficient (Wildman–Crippen LogP) is 4.60. The second-order valence-corrected chi connectivity index (χ2v) is 7.40. The number of halogens is 3. The number of benzene rings is 2. The molecule has 0 atom stereocenters. The smallest absolute Gasteiger partial charge is 0.416 e. The molecule has 0 spiro atoms. The zero-order chi connectivity index (χ0) is 24.2. The molecule has 0 fully saturated rings. The molecule has 174 valence electrons. The van der Waals surface area contributed by atoms with Gasteiger partial charge in [-0.15, -0.1) is 0 Å². The van der Waals surface area contributed by atoms with E-state index in [-0.39, 0.29) is 11.6 Å². The van der Waals surface area contributed by atoms with Crippen molar-refractivity contribution < 1.29 is 32.0 Å². The Labute approximate surface area is 188 Å². The summed E-state index contributed by atoms with van der Waals surface area (Å²) < 4.78 is 48.8. The molecule has 1 N–H and O–H groups in total. The first kappa shape index (κ1) is 23.8. The standard InChI is InChI=1S/C23H22F3N3O4/c1-14-20(15(2)33-28-14)12-29(3)22(31)16-7-9-19(10-8-16)32-13-21(30)27-18-6-4-5-17(11-18)23(24,25)26/h4-11H,12-13H2,1-3H3,(H,27,30). The van der Waals surface area contributed by atoms with E-state index in [2.05, 4.69) is 10.5 Å². The van der Waals surface area contributed by atoms with Crippen LogP contribution in [-0.2, 0) is 17.5 Å². The highest BCUT2D eigenvalue weighted by molar-refractivity contribution is 5.94. The van der Waals surface area contributed by atoms with Gasteiger partial charge in [-0.2, -0.15) is 13.2 Å². The van der Waals surface area contributed by atoms with Crippen LogP contribution in [0.4, 0.5) is 18.9 Å². The number of hydrogen-bond donors (Lipinski definition) is 1. The molecule has 33 heavy (non-hydrogen) atoms. The number of anilines is 1. The molecule has 0 aliphatic carbocycles. The average molecular weight is 461 g/mol. The maximum Gasteiger partial charge on any atom is 0.416 e. The Kier molecular flexibility index (Phi) is 7.05. The molecule has 0 bridgehead atoms. The third kappa shape index (κ3) is 6.12. The first-order valence-electron chi connectivity index (χ1n) is 9.92. The Hall–Kier alpha value is -3.82. The van der Waals surface area contributed by atoms with Crippen molar-refractivity contribution in [1.29, 1.82) is 0 Å². The van der Waals surface area contributed by atoms with Crippen LogP contribution >= 0.6 is 0 Å². The molecule has 1 aromatic heterocycles. The molecule has 0 aliphatic rings. The van der Waals surface area contributed by atoms with Gasteiger partial charge in [0, 0.05) is 23.9 Å². The fourth-order valence-electron chi connectivity index (χ4n) is 3.07. The Morgan fingerprint density at radius 3 is 2.42 bits per heavy atom. The summed E-state index contributed by atoms with van der Waals surface area (Å²) in [5.74, 6) is 0.149. The van der Waals surface area contributed by atoms with E-state index in [1.54, 1.807) is 33.0 Å². The van der Waals surface area contributed by atoms with Crippen molar-refractivity contribution >= 4 is 17.5 Å². The number of aryl methyl sites for hydroxylation is 2. The van der Waals surface area contributed by atoms with Crippen LogP contribution in [0.5, 0.6) is 5.75 Å². The third-order valence-corrected chi connectivity index (χ3v) is 4.87. The maximum absolute atomic E-state index is 12.8. The van der Waals surface area contributed by atoms with Gasteiger partial charge in [-0.25, -0.2) is 0 Å². The van der Waals surface area contributed by atoms with E-state index in [1.165, 1.54) is 29.2 Å². The van der Waals surface area contributed by atoms with E-state index < -0.39 is 24.3 Å². The minimum Gasteiger partial charge on any atom is -0.484 e. The fourth-order valence-corrected chi connectivity index (χ4v) is 3.07. The maximum atomic E-state index is 12.8. The van der Waals surface area contributed by atoms with Gasteiger partial charge in [-0.05, 0) is 56.3 Å².